The number of rotatable bonds is 6. The summed E-state index contributed by atoms with van der Waals surface area (Å²) in [4.78, 5) is 3.85. The minimum Gasteiger partial charge on any atom is -0.378 e. The fraction of sp³-hybridized carbons (Fsp3) is 0.409. The zero-order valence-corrected chi connectivity index (χ0v) is 19.9. The number of aliphatic imine (C=N–C) groups is 1. The average Bonchev–Trinajstić information content (AvgIpc) is 3.00. The lowest BCUT2D eigenvalue weighted by atomic mass is 9.72. The second kappa shape index (κ2) is 9.52. The molecular weight excluding hydrogens is 469 g/mol. The van der Waals surface area contributed by atoms with Crippen LogP contribution in [0, 0.1) is 29.1 Å². The van der Waals surface area contributed by atoms with Gasteiger partial charge in [0.05, 0.1) is 34.2 Å². The summed E-state index contributed by atoms with van der Waals surface area (Å²) < 4.78 is 40.8. The molecule has 0 saturated heterocycles. The van der Waals surface area contributed by atoms with Gasteiger partial charge in [-0.05, 0) is 37.0 Å². The van der Waals surface area contributed by atoms with Crippen molar-refractivity contribution in [1.82, 2.24) is 9.78 Å². The molecule has 2 aromatic rings. The van der Waals surface area contributed by atoms with Crippen molar-refractivity contribution in [3.8, 4) is 17.9 Å². The number of aliphatic hydroxyl groups is 1. The van der Waals surface area contributed by atoms with E-state index in [1.807, 2.05) is 0 Å². The maximum atomic E-state index is 13.5. The van der Waals surface area contributed by atoms with E-state index in [-0.39, 0.29) is 30.3 Å². The Kier molecular flexibility index (Phi) is 7.13. The van der Waals surface area contributed by atoms with E-state index in [1.54, 1.807) is 31.3 Å². The molecule has 0 radical (unpaired) electrons. The van der Waals surface area contributed by atoms with Gasteiger partial charge in [0.1, 0.15) is 11.3 Å². The van der Waals surface area contributed by atoms with E-state index in [4.69, 9.17) is 16.9 Å². The minimum atomic E-state index is -3.55. The molecule has 1 aliphatic carbocycles. The number of hydrogen-bond donors (Lipinski definition) is 2. The average molecular weight is 492 g/mol. The van der Waals surface area contributed by atoms with E-state index in [1.165, 1.54) is 11.6 Å². The minimum absolute atomic E-state index is 0.134. The highest BCUT2D eigenvalue weighted by Gasteiger charge is 2.41. The van der Waals surface area contributed by atoms with Gasteiger partial charge in [0.25, 0.3) is 0 Å². The number of benzene rings is 1. The molecule has 1 aromatic carbocycles. The van der Waals surface area contributed by atoms with Crippen LogP contribution >= 0.6 is 11.6 Å². The third-order valence-corrected chi connectivity index (χ3v) is 5.89. The van der Waals surface area contributed by atoms with Crippen LogP contribution in [-0.4, -0.2) is 47.2 Å². The lowest BCUT2D eigenvalue weighted by Gasteiger charge is -2.35. The Labute approximate surface area is 196 Å². The van der Waals surface area contributed by atoms with Crippen LogP contribution in [0.1, 0.15) is 25.3 Å². The zero-order chi connectivity index (χ0) is 24.4. The predicted octanol–water partition coefficient (Wildman–Crippen LogP) is 3.12. The molecule has 2 N–H and O–H groups in total. The van der Waals surface area contributed by atoms with E-state index < -0.39 is 21.9 Å². The first kappa shape index (κ1) is 24.7. The number of nitrogens with one attached hydrogen (secondary N) is 1. The van der Waals surface area contributed by atoms with Crippen LogP contribution in [0.2, 0.25) is 5.02 Å². The molecular formula is C22H23ClFN5O3S. The molecule has 1 aliphatic rings. The van der Waals surface area contributed by atoms with Crippen molar-refractivity contribution in [3.63, 3.8) is 0 Å². The smallest absolute Gasteiger partial charge is 0.231 e. The van der Waals surface area contributed by atoms with Crippen molar-refractivity contribution < 1.29 is 17.9 Å². The van der Waals surface area contributed by atoms with Crippen LogP contribution in [0.25, 0.3) is 10.9 Å². The number of nitriles is 1. The molecule has 0 amide bonds. The lowest BCUT2D eigenvalue weighted by Crippen LogP contribution is -2.41. The molecule has 0 spiro atoms. The fourth-order valence-electron chi connectivity index (χ4n) is 3.60. The molecule has 1 fully saturated rings. The van der Waals surface area contributed by atoms with E-state index in [0.29, 0.717) is 22.3 Å². The fourth-order valence-corrected chi connectivity index (χ4v) is 4.34. The third-order valence-electron chi connectivity index (χ3n) is 5.01. The maximum Gasteiger partial charge on any atom is 0.231 e. The predicted molar refractivity (Wildman–Crippen MR) is 126 cm³/mol. The van der Waals surface area contributed by atoms with Gasteiger partial charge in [-0.2, -0.15) is 10.4 Å². The number of sulfonamides is 1. The normalized spacial score (nSPS) is 21.8. The first-order valence-corrected chi connectivity index (χ1v) is 12.3. The summed E-state index contributed by atoms with van der Waals surface area (Å²) in [6.07, 6.45) is 3.73. The number of fused-ring (bicyclic) bond motifs is 1. The number of hydrogen-bond acceptors (Lipinski definition) is 6. The van der Waals surface area contributed by atoms with Crippen LogP contribution in [0.15, 0.2) is 29.3 Å². The monoisotopic (exact) mass is 491 g/mol. The Morgan fingerprint density at radius 2 is 2.24 bits per heavy atom. The van der Waals surface area contributed by atoms with Gasteiger partial charge in [0.2, 0.25) is 10.0 Å². The van der Waals surface area contributed by atoms with Crippen LogP contribution in [0.5, 0.6) is 0 Å². The van der Waals surface area contributed by atoms with Gasteiger partial charge in [-0.25, -0.2) is 17.8 Å². The highest BCUT2D eigenvalue weighted by Crippen LogP contribution is 2.36. The van der Waals surface area contributed by atoms with Gasteiger partial charge in [-0.1, -0.05) is 29.7 Å². The van der Waals surface area contributed by atoms with E-state index in [2.05, 4.69) is 32.7 Å². The van der Waals surface area contributed by atoms with Crippen molar-refractivity contribution in [2.75, 3.05) is 11.0 Å². The van der Waals surface area contributed by atoms with Gasteiger partial charge in [-0.15, -0.1) is 0 Å². The first-order chi connectivity index (χ1) is 15.4. The molecule has 8 nitrogen and oxygen atoms in total. The van der Waals surface area contributed by atoms with Crippen LogP contribution in [0.3, 0.4) is 0 Å². The first-order valence-electron chi connectivity index (χ1n) is 10.1. The summed E-state index contributed by atoms with van der Waals surface area (Å²) in [5.41, 5.74) is 0.355. The molecule has 11 heteroatoms. The van der Waals surface area contributed by atoms with Gasteiger partial charge in [-0.3, -0.25) is 9.40 Å². The molecule has 1 atom stereocenters. The Hall–Kier alpha value is -2.92. The summed E-state index contributed by atoms with van der Waals surface area (Å²) in [6.45, 7) is 1.27. The highest BCUT2D eigenvalue weighted by atomic mass is 35.5. The molecule has 174 valence electrons. The summed E-state index contributed by atoms with van der Waals surface area (Å²) in [5, 5.41) is 24.2. The van der Waals surface area contributed by atoms with Crippen molar-refractivity contribution >= 4 is 44.1 Å². The number of anilines is 1. The molecule has 1 heterocycles. The third kappa shape index (κ3) is 6.11. The Balaban J connectivity index is 1.87. The van der Waals surface area contributed by atoms with Crippen molar-refractivity contribution in [1.29, 1.82) is 5.26 Å². The van der Waals surface area contributed by atoms with E-state index in [9.17, 15) is 17.9 Å². The molecule has 1 unspecified atom stereocenters. The molecule has 0 bridgehead atoms. The molecule has 3 rings (SSSR count). The van der Waals surface area contributed by atoms with Crippen LogP contribution < -0.4 is 4.72 Å². The number of aryl methyl sites for hydroxylation is 1. The second-order valence-corrected chi connectivity index (χ2v) is 10.1. The maximum absolute atomic E-state index is 13.5. The Morgan fingerprint density at radius 3 is 2.85 bits per heavy atom. The van der Waals surface area contributed by atoms with E-state index >= 15 is 0 Å². The molecule has 0 aliphatic heterocycles. The quantitative estimate of drug-likeness (QED) is 0.365. The number of halogens is 2. The summed E-state index contributed by atoms with van der Waals surface area (Å²) in [6, 6.07) is 5.52. The zero-order valence-electron chi connectivity index (χ0n) is 18.3. The molecule has 1 aromatic heterocycles. The number of allylic oxidation sites excluding steroid dienone is 2. The Morgan fingerprint density at radius 1 is 1.55 bits per heavy atom. The van der Waals surface area contributed by atoms with Crippen molar-refractivity contribution in [3.05, 3.63) is 34.9 Å². The Bertz CT molecular complexity index is 1340. The van der Waals surface area contributed by atoms with Crippen molar-refractivity contribution in [2.45, 2.75) is 38.1 Å². The number of nitrogens with zero attached hydrogens (tertiary/aromatic N) is 4. The largest absolute Gasteiger partial charge is 0.378 e. The van der Waals surface area contributed by atoms with Gasteiger partial charge in [0, 0.05) is 19.9 Å². The topological polar surface area (TPSA) is 120 Å². The van der Waals surface area contributed by atoms with Crippen LogP contribution in [-0.2, 0) is 23.5 Å². The second-order valence-electron chi connectivity index (χ2n) is 7.99. The van der Waals surface area contributed by atoms with Gasteiger partial charge < -0.3 is 5.11 Å². The molecule has 1 saturated carbocycles. The summed E-state index contributed by atoms with van der Waals surface area (Å²) in [5.74, 6) is 5.31. The van der Waals surface area contributed by atoms with E-state index in [0.717, 1.165) is 11.8 Å². The van der Waals surface area contributed by atoms with Crippen LogP contribution in [0.4, 0.5) is 10.2 Å². The lowest BCUT2D eigenvalue weighted by molar-refractivity contribution is -0.00234. The van der Waals surface area contributed by atoms with Crippen molar-refractivity contribution in [2.24, 2.45) is 18.0 Å². The highest BCUT2D eigenvalue weighted by molar-refractivity contribution is 7.92. The van der Waals surface area contributed by atoms with Gasteiger partial charge in [0.15, 0.2) is 12.1 Å². The molecule has 33 heavy (non-hydrogen) atoms. The summed E-state index contributed by atoms with van der Waals surface area (Å²) in [7, 11) is -1.87. The summed E-state index contributed by atoms with van der Waals surface area (Å²) >= 11 is 6.31. The standard InChI is InChI=1S/C22H23ClFN5O3S/c1-14(24)26-17(9-10-22(30)11-15(12-22)13-25)6-4-5-16-7-8-18(23)19-20(16)29(2)27-21(19)28-33(3,31)32/h4,6-8,14-15,30H,5,11-12H2,1-3H3,(H,27,28)/b6-4-,26-17+. The number of aromatic nitrogens is 2. The number of alkyl halides is 1. The van der Waals surface area contributed by atoms with Gasteiger partial charge >= 0.3 is 0 Å². The SMILES string of the molecule is CC(F)/N=C(C#CC1(O)CC(C#N)C1)\C=C/Cc1ccc(Cl)c2c(NS(C)(=O)=O)nn(C)c12.